The molecule has 1 nitrogen and oxygen atoms in total. The Balaban J connectivity index is 1.90. The molecule has 2 bridgehead atoms. The number of rotatable bonds is 0. The normalized spacial score (nSPS) is 60.3. The molecule has 0 aliphatic heterocycles. The molecule has 0 unspecified atom stereocenters. The van der Waals surface area contributed by atoms with Crippen LogP contribution in [0.3, 0.4) is 0 Å². The minimum absolute atomic E-state index is 0.583. The van der Waals surface area contributed by atoms with Crippen LogP contribution in [0.2, 0.25) is 0 Å². The van der Waals surface area contributed by atoms with Crippen molar-refractivity contribution in [1.29, 1.82) is 0 Å². The molecule has 2 N–H and O–H groups in total. The molecular weight excluding hydrogens is 134 g/mol. The molecule has 0 saturated heterocycles. The average Bonchev–Trinajstić information content (AvgIpc) is 2.52. The van der Waals surface area contributed by atoms with Crippen LogP contribution < -0.4 is 5.73 Å². The molecule has 0 radical (unpaired) electrons. The van der Waals surface area contributed by atoms with Crippen LogP contribution in [0.5, 0.6) is 0 Å². The van der Waals surface area contributed by atoms with Gasteiger partial charge >= 0.3 is 0 Å². The van der Waals surface area contributed by atoms with Crippen molar-refractivity contribution in [2.24, 2.45) is 29.4 Å². The van der Waals surface area contributed by atoms with Crippen LogP contribution >= 0.6 is 0 Å². The summed E-state index contributed by atoms with van der Waals surface area (Å²) in [6.45, 7) is 0. The van der Waals surface area contributed by atoms with Crippen molar-refractivity contribution in [1.82, 2.24) is 0 Å². The monoisotopic (exact) mass is 151 g/mol. The zero-order chi connectivity index (χ0) is 7.42. The maximum absolute atomic E-state index is 6.08. The van der Waals surface area contributed by atoms with E-state index in [1.54, 1.807) is 0 Å². The quantitative estimate of drug-likeness (QED) is 0.561. The first-order chi connectivity index (χ1) is 5.36. The van der Waals surface area contributed by atoms with Gasteiger partial charge in [-0.15, -0.1) is 0 Å². The van der Waals surface area contributed by atoms with E-state index in [9.17, 15) is 0 Å². The van der Waals surface area contributed by atoms with E-state index in [1.165, 1.54) is 32.1 Å². The van der Waals surface area contributed by atoms with Crippen molar-refractivity contribution in [2.45, 2.75) is 38.1 Å². The molecule has 0 aromatic rings. The van der Waals surface area contributed by atoms with Gasteiger partial charge in [0.25, 0.3) is 0 Å². The van der Waals surface area contributed by atoms with E-state index >= 15 is 0 Å². The molecule has 1 heteroatoms. The maximum atomic E-state index is 6.08. The second-order valence-electron chi connectivity index (χ2n) is 4.82. The fraction of sp³-hybridized carbons (Fsp3) is 1.00. The van der Waals surface area contributed by atoms with Gasteiger partial charge in [-0.1, -0.05) is 6.42 Å². The van der Waals surface area contributed by atoms with Crippen LogP contribution in [-0.2, 0) is 0 Å². The summed E-state index contributed by atoms with van der Waals surface area (Å²) in [5, 5.41) is 0. The first-order valence-corrected chi connectivity index (χ1v) is 5.12. The van der Waals surface area contributed by atoms with E-state index in [-0.39, 0.29) is 0 Å². The van der Waals surface area contributed by atoms with Gasteiger partial charge in [-0.3, -0.25) is 0 Å². The van der Waals surface area contributed by atoms with Gasteiger partial charge in [-0.2, -0.15) is 0 Å². The lowest BCUT2D eigenvalue weighted by atomic mass is 9.79. The molecule has 0 heterocycles. The van der Waals surface area contributed by atoms with Crippen LogP contribution in [0.1, 0.15) is 32.1 Å². The largest absolute Gasteiger partial charge is 0.327 e. The summed E-state index contributed by atoms with van der Waals surface area (Å²) in [5.41, 5.74) is 6.08. The lowest BCUT2D eigenvalue weighted by molar-refractivity contribution is 0.234. The van der Waals surface area contributed by atoms with E-state index in [0.717, 1.165) is 23.7 Å². The first kappa shape index (κ1) is 6.47. The topological polar surface area (TPSA) is 26.0 Å². The Bertz CT molecular complexity index is 178. The predicted octanol–water partition coefficient (Wildman–Crippen LogP) is 1.77. The minimum atomic E-state index is 0.583. The Morgan fingerprint density at radius 2 is 1.73 bits per heavy atom. The molecule has 3 aliphatic carbocycles. The summed E-state index contributed by atoms with van der Waals surface area (Å²) in [5.74, 6) is 4.15. The maximum Gasteiger partial charge on any atom is 0.00727 e. The Morgan fingerprint density at radius 1 is 0.909 bits per heavy atom. The summed E-state index contributed by atoms with van der Waals surface area (Å²) in [6.07, 6.45) is 7.36. The molecular formula is C10H17N. The summed E-state index contributed by atoms with van der Waals surface area (Å²) < 4.78 is 0. The van der Waals surface area contributed by atoms with E-state index < -0.39 is 0 Å². The zero-order valence-electron chi connectivity index (χ0n) is 7.00. The fourth-order valence-corrected chi connectivity index (χ4v) is 4.12. The first-order valence-electron chi connectivity index (χ1n) is 5.12. The molecule has 11 heavy (non-hydrogen) atoms. The Hall–Kier alpha value is -0.0400. The lowest BCUT2D eigenvalue weighted by Crippen LogP contribution is -2.34. The number of hydrogen-bond donors (Lipinski definition) is 1. The smallest absolute Gasteiger partial charge is 0.00727 e. The molecule has 3 aliphatic rings. The van der Waals surface area contributed by atoms with Crippen molar-refractivity contribution in [3.63, 3.8) is 0 Å². The molecule has 3 fully saturated rings. The summed E-state index contributed by atoms with van der Waals surface area (Å²) in [4.78, 5) is 0. The number of fused-ring (bicyclic) bond motifs is 5. The average molecular weight is 151 g/mol. The van der Waals surface area contributed by atoms with Gasteiger partial charge in [0.05, 0.1) is 0 Å². The molecule has 0 amide bonds. The third kappa shape index (κ3) is 0.703. The van der Waals surface area contributed by atoms with Crippen molar-refractivity contribution in [3.8, 4) is 0 Å². The van der Waals surface area contributed by atoms with Crippen LogP contribution in [0, 0.1) is 23.7 Å². The second-order valence-corrected chi connectivity index (χ2v) is 4.82. The molecule has 5 atom stereocenters. The third-order valence-electron chi connectivity index (χ3n) is 4.48. The highest BCUT2D eigenvalue weighted by Crippen LogP contribution is 2.58. The SMILES string of the molecule is N[C@H]1C[C@@H]2C[C@@H]1[C@@H]1CCC[C@@H]21. The van der Waals surface area contributed by atoms with E-state index in [0.29, 0.717) is 6.04 Å². The third-order valence-corrected chi connectivity index (χ3v) is 4.48. The Labute approximate surface area is 68.3 Å². The molecule has 0 spiro atoms. The number of hydrogen-bond acceptors (Lipinski definition) is 1. The van der Waals surface area contributed by atoms with Gasteiger partial charge in [0, 0.05) is 6.04 Å². The summed E-state index contributed by atoms with van der Waals surface area (Å²) in [7, 11) is 0. The van der Waals surface area contributed by atoms with E-state index in [4.69, 9.17) is 5.73 Å². The van der Waals surface area contributed by atoms with Gasteiger partial charge in [0.2, 0.25) is 0 Å². The van der Waals surface area contributed by atoms with Crippen molar-refractivity contribution >= 4 is 0 Å². The Kier molecular flexibility index (Phi) is 1.18. The van der Waals surface area contributed by atoms with Crippen molar-refractivity contribution in [2.75, 3.05) is 0 Å². The van der Waals surface area contributed by atoms with Crippen molar-refractivity contribution in [3.05, 3.63) is 0 Å². The lowest BCUT2D eigenvalue weighted by Gasteiger charge is -2.28. The predicted molar refractivity (Wildman–Crippen MR) is 45.0 cm³/mol. The van der Waals surface area contributed by atoms with Gasteiger partial charge in [-0.05, 0) is 49.4 Å². The molecule has 3 rings (SSSR count). The van der Waals surface area contributed by atoms with Gasteiger partial charge in [0.1, 0.15) is 0 Å². The fourth-order valence-electron chi connectivity index (χ4n) is 4.12. The van der Waals surface area contributed by atoms with Crippen LogP contribution in [0.4, 0.5) is 0 Å². The number of nitrogens with two attached hydrogens (primary N) is 1. The van der Waals surface area contributed by atoms with Crippen LogP contribution in [0.15, 0.2) is 0 Å². The van der Waals surface area contributed by atoms with Crippen LogP contribution in [0.25, 0.3) is 0 Å². The Morgan fingerprint density at radius 3 is 2.64 bits per heavy atom. The highest BCUT2D eigenvalue weighted by molar-refractivity contribution is 5.04. The standard InChI is InChI=1S/C10H17N/c11-10-5-6-4-9(10)8-3-1-2-7(6)8/h6-10H,1-5,11H2/t6-,7-,8+,9+,10-/m0/s1. The van der Waals surface area contributed by atoms with E-state index in [1.807, 2.05) is 0 Å². The van der Waals surface area contributed by atoms with Crippen molar-refractivity contribution < 1.29 is 0 Å². The summed E-state index contributed by atoms with van der Waals surface area (Å²) in [6, 6.07) is 0.583. The van der Waals surface area contributed by atoms with Gasteiger partial charge in [-0.25, -0.2) is 0 Å². The van der Waals surface area contributed by atoms with E-state index in [2.05, 4.69) is 0 Å². The molecule has 0 aromatic heterocycles. The molecule has 3 saturated carbocycles. The zero-order valence-corrected chi connectivity index (χ0v) is 7.00. The molecule has 0 aromatic carbocycles. The highest BCUT2D eigenvalue weighted by Gasteiger charge is 2.52. The van der Waals surface area contributed by atoms with Crippen LogP contribution in [-0.4, -0.2) is 6.04 Å². The highest BCUT2D eigenvalue weighted by atomic mass is 14.7. The second kappa shape index (κ2) is 2.01. The van der Waals surface area contributed by atoms with Gasteiger partial charge in [0.15, 0.2) is 0 Å². The summed E-state index contributed by atoms with van der Waals surface area (Å²) >= 11 is 0. The molecule has 62 valence electrons. The van der Waals surface area contributed by atoms with Gasteiger partial charge < -0.3 is 5.73 Å². The minimum Gasteiger partial charge on any atom is -0.327 e.